The van der Waals surface area contributed by atoms with Gasteiger partial charge in [-0.05, 0) is 101 Å². The summed E-state index contributed by atoms with van der Waals surface area (Å²) in [7, 11) is 0. The third-order valence-electron chi connectivity index (χ3n) is 9.75. The van der Waals surface area contributed by atoms with Crippen LogP contribution in [0.5, 0.6) is 0 Å². The summed E-state index contributed by atoms with van der Waals surface area (Å²) in [5.41, 5.74) is 9.50. The first-order valence-corrected chi connectivity index (χ1v) is 18.9. The summed E-state index contributed by atoms with van der Waals surface area (Å²) in [6.45, 7) is 24.2. The minimum atomic E-state index is -0.907. The van der Waals surface area contributed by atoms with Crippen LogP contribution >= 0.6 is 0 Å². The highest BCUT2D eigenvalue weighted by Crippen LogP contribution is 2.40. The molecule has 2 atom stereocenters. The van der Waals surface area contributed by atoms with Crippen molar-refractivity contribution in [3.05, 3.63) is 177 Å². The molecule has 288 valence electrons. The molecule has 0 aliphatic heterocycles. The Balaban J connectivity index is 1.88. The highest BCUT2D eigenvalue weighted by molar-refractivity contribution is 6.01. The molecule has 2 aliphatic carbocycles. The zero-order valence-electron chi connectivity index (χ0n) is 34.8. The molecule has 0 saturated heterocycles. The van der Waals surface area contributed by atoms with E-state index in [4.69, 9.17) is 0 Å². The molecule has 0 aromatic carbocycles. The van der Waals surface area contributed by atoms with Crippen molar-refractivity contribution in [3.63, 3.8) is 0 Å². The minimum Gasteiger partial charge on any atom is -0.385 e. The molecule has 2 aliphatic rings. The van der Waals surface area contributed by atoms with Gasteiger partial charge < -0.3 is 10.2 Å². The third kappa shape index (κ3) is 15.0. The van der Waals surface area contributed by atoms with Gasteiger partial charge in [-0.3, -0.25) is 9.59 Å². The van der Waals surface area contributed by atoms with E-state index in [-0.39, 0.29) is 22.4 Å². The highest BCUT2D eigenvalue weighted by atomic mass is 16.3. The summed E-state index contributed by atoms with van der Waals surface area (Å²) in [6, 6.07) is 0. The number of allylic oxidation sites excluding steroid dienone is 28. The number of Topliss-reactive ketones (excluding diaryl/α,β-unsaturated/α-hetero) is 2. The Morgan fingerprint density at radius 2 is 0.704 bits per heavy atom. The van der Waals surface area contributed by atoms with E-state index in [0.29, 0.717) is 24.0 Å². The largest absolute Gasteiger partial charge is 0.385 e. The van der Waals surface area contributed by atoms with Gasteiger partial charge in [0.25, 0.3) is 0 Å². The predicted molar refractivity (Wildman–Crippen MR) is 231 cm³/mol. The van der Waals surface area contributed by atoms with Crippen molar-refractivity contribution in [2.75, 3.05) is 0 Å². The molecule has 0 amide bonds. The Bertz CT molecular complexity index is 1730. The first-order chi connectivity index (χ1) is 25.2. The predicted octanol–water partition coefficient (Wildman–Crippen LogP) is 11.9. The molecule has 0 spiro atoms. The number of hydrogen-bond donors (Lipinski definition) is 2. The van der Waals surface area contributed by atoms with Gasteiger partial charge in [-0.2, -0.15) is 0 Å². The van der Waals surface area contributed by atoms with Crippen LogP contribution < -0.4 is 0 Å². The average Bonchev–Trinajstić information content (AvgIpc) is 3.07. The maximum absolute atomic E-state index is 12.3. The van der Waals surface area contributed by atoms with Crippen LogP contribution in [0.25, 0.3) is 0 Å². The standard InChI is InChI=1S/C50H64O4/c1-35(21-15-23-37(3)25-17-27-39(5)29-31-43-41(7)47(53)45(51)33-49(43,9)10)19-13-14-20-36(2)22-16-24-38(4)26-18-28-40(6)30-32-44-42(8)48(54)46(52)34-50(44,11)12/h13-32,45-46,51-52H,33-34H2,1-12H3/b14-13+,21-15+,22-16+,25-17+,26-18+,31-29+,32-30+,35-19+,36-20+,37-23+,38-24+,39-27+,40-28+/t45-,46-/m0/s1. The maximum atomic E-state index is 12.3. The van der Waals surface area contributed by atoms with Crippen LogP contribution in [-0.4, -0.2) is 34.0 Å². The molecule has 0 heterocycles. The number of aliphatic hydroxyl groups excluding tert-OH is 2. The first kappa shape index (κ1) is 45.5. The van der Waals surface area contributed by atoms with Gasteiger partial charge in [0.05, 0.1) is 0 Å². The SMILES string of the molecule is CC1=C(/C=C/C(C)=C/C=C/C(C)=C/C=C/C(C)=C/C=C/C=C(C)/C=C/C=C(C)/C=C/C=C(C)/C=C/C2=C(C)C(=O)[C@@H](O)CC2(C)C)C(C)(C)C[C@H](O)C1=O. The van der Waals surface area contributed by atoms with Crippen LogP contribution in [0.3, 0.4) is 0 Å². The second-order valence-electron chi connectivity index (χ2n) is 16.0. The molecular weight excluding hydrogens is 665 g/mol. The number of hydrogen-bond acceptors (Lipinski definition) is 4. The Hall–Kier alpha value is -4.64. The molecule has 2 N–H and O–H groups in total. The normalized spacial score (nSPS) is 23.2. The molecular formula is C50H64O4. The zero-order valence-corrected chi connectivity index (χ0v) is 34.8. The van der Waals surface area contributed by atoms with E-state index >= 15 is 0 Å². The molecule has 4 nitrogen and oxygen atoms in total. The summed E-state index contributed by atoms with van der Waals surface area (Å²) in [6.07, 6.45) is 40.1. The van der Waals surface area contributed by atoms with Gasteiger partial charge in [-0.25, -0.2) is 0 Å². The molecule has 0 saturated carbocycles. The van der Waals surface area contributed by atoms with Crippen LogP contribution in [0, 0.1) is 10.8 Å². The summed E-state index contributed by atoms with van der Waals surface area (Å²) in [5, 5.41) is 20.1. The summed E-state index contributed by atoms with van der Waals surface area (Å²) in [4.78, 5) is 24.5. The van der Waals surface area contributed by atoms with E-state index in [1.165, 1.54) is 0 Å². The van der Waals surface area contributed by atoms with Crippen molar-refractivity contribution in [1.29, 1.82) is 0 Å². The average molecular weight is 729 g/mol. The van der Waals surface area contributed by atoms with Crippen molar-refractivity contribution in [3.8, 4) is 0 Å². The maximum Gasteiger partial charge on any atom is 0.187 e. The monoisotopic (exact) mass is 728 g/mol. The summed E-state index contributed by atoms with van der Waals surface area (Å²) >= 11 is 0. The number of carbonyl (C=O) groups is 2. The lowest BCUT2D eigenvalue weighted by Crippen LogP contribution is -2.35. The number of rotatable bonds is 14. The van der Waals surface area contributed by atoms with Gasteiger partial charge in [0.1, 0.15) is 12.2 Å². The van der Waals surface area contributed by atoms with Crippen LogP contribution in [0.15, 0.2) is 177 Å². The van der Waals surface area contributed by atoms with Gasteiger partial charge in [0.2, 0.25) is 0 Å². The molecule has 2 rings (SSSR count). The fraction of sp³-hybridized carbons (Fsp3) is 0.360. The number of ketones is 2. The quantitative estimate of drug-likeness (QED) is 0.175. The fourth-order valence-corrected chi connectivity index (χ4v) is 6.44. The smallest absolute Gasteiger partial charge is 0.187 e. The Kier molecular flexibility index (Phi) is 18.0. The van der Waals surface area contributed by atoms with Gasteiger partial charge in [-0.15, -0.1) is 0 Å². The third-order valence-corrected chi connectivity index (χ3v) is 9.75. The second-order valence-corrected chi connectivity index (χ2v) is 16.0. The van der Waals surface area contributed by atoms with E-state index in [9.17, 15) is 19.8 Å². The van der Waals surface area contributed by atoms with Crippen LogP contribution in [0.1, 0.15) is 95.9 Å². The zero-order chi connectivity index (χ0) is 40.6. The van der Waals surface area contributed by atoms with Gasteiger partial charge in [-0.1, -0.05) is 183 Å². The second kappa shape index (κ2) is 21.3. The van der Waals surface area contributed by atoms with Crippen molar-refractivity contribution < 1.29 is 19.8 Å². The van der Waals surface area contributed by atoms with Crippen LogP contribution in [-0.2, 0) is 9.59 Å². The van der Waals surface area contributed by atoms with E-state index < -0.39 is 12.2 Å². The van der Waals surface area contributed by atoms with Gasteiger partial charge >= 0.3 is 0 Å². The summed E-state index contributed by atoms with van der Waals surface area (Å²) in [5.74, 6) is -0.345. The molecule has 0 fully saturated rings. The van der Waals surface area contributed by atoms with Crippen molar-refractivity contribution in [2.24, 2.45) is 10.8 Å². The van der Waals surface area contributed by atoms with Crippen molar-refractivity contribution >= 4 is 11.6 Å². The van der Waals surface area contributed by atoms with Crippen LogP contribution in [0.2, 0.25) is 0 Å². The summed E-state index contributed by atoms with van der Waals surface area (Å²) < 4.78 is 0. The molecule has 0 radical (unpaired) electrons. The van der Waals surface area contributed by atoms with Gasteiger partial charge in [0, 0.05) is 0 Å². The lowest BCUT2D eigenvalue weighted by atomic mass is 9.71. The molecule has 0 bridgehead atoms. The Morgan fingerprint density at radius 1 is 0.463 bits per heavy atom. The number of carbonyl (C=O) groups excluding carboxylic acids is 2. The highest BCUT2D eigenvalue weighted by Gasteiger charge is 2.37. The first-order valence-electron chi connectivity index (χ1n) is 18.9. The minimum absolute atomic E-state index is 0.173. The molecule has 0 aromatic heterocycles. The molecule has 54 heavy (non-hydrogen) atoms. The van der Waals surface area contributed by atoms with E-state index in [2.05, 4.69) is 116 Å². The van der Waals surface area contributed by atoms with Crippen molar-refractivity contribution in [2.45, 2.75) is 108 Å². The van der Waals surface area contributed by atoms with Crippen LogP contribution in [0.4, 0.5) is 0 Å². The Morgan fingerprint density at radius 3 is 0.981 bits per heavy atom. The van der Waals surface area contributed by atoms with E-state index in [1.54, 1.807) is 13.8 Å². The topological polar surface area (TPSA) is 74.6 Å². The molecule has 0 unspecified atom stereocenters. The number of aliphatic hydroxyl groups is 2. The molecule has 4 heteroatoms. The van der Waals surface area contributed by atoms with Gasteiger partial charge in [0.15, 0.2) is 11.6 Å². The fourth-order valence-electron chi connectivity index (χ4n) is 6.44. The van der Waals surface area contributed by atoms with Crippen molar-refractivity contribution in [1.82, 2.24) is 0 Å². The molecule has 0 aromatic rings. The Labute approximate surface area is 326 Å². The lowest BCUT2D eigenvalue weighted by molar-refractivity contribution is -0.126. The lowest BCUT2D eigenvalue weighted by Gasteiger charge is -2.34. The van der Waals surface area contributed by atoms with E-state index in [1.807, 2.05) is 74.6 Å². The van der Waals surface area contributed by atoms with E-state index in [0.717, 1.165) is 44.6 Å².